The number of hydrogen-bond acceptors (Lipinski definition) is 3. The molecule has 0 spiro atoms. The van der Waals surface area contributed by atoms with Gasteiger partial charge in [0.15, 0.2) is 0 Å². The molecule has 1 aromatic rings. The van der Waals surface area contributed by atoms with E-state index in [0.717, 1.165) is 30.4 Å². The molecule has 1 saturated heterocycles. The van der Waals surface area contributed by atoms with Gasteiger partial charge in [0, 0.05) is 19.1 Å². The first-order valence-electron chi connectivity index (χ1n) is 7.72. The van der Waals surface area contributed by atoms with E-state index in [2.05, 4.69) is 0 Å². The number of nitrogens with zero attached hydrogens (tertiary/aromatic N) is 1. The molecule has 0 amide bonds. The highest BCUT2D eigenvalue weighted by atomic mass is 35.5. The molecule has 1 aromatic carbocycles. The molecule has 3 atom stereocenters. The maximum Gasteiger partial charge on any atom is 0.243 e. The predicted octanol–water partition coefficient (Wildman–Crippen LogP) is 2.47. The smallest absolute Gasteiger partial charge is 0.243 e. The van der Waals surface area contributed by atoms with Crippen LogP contribution in [0.4, 0.5) is 0 Å². The molecule has 2 N–H and O–H groups in total. The van der Waals surface area contributed by atoms with Crippen molar-refractivity contribution >= 4 is 22.4 Å². The van der Waals surface area contributed by atoms with E-state index in [1.807, 2.05) is 26.0 Å². The van der Waals surface area contributed by atoms with Crippen LogP contribution in [-0.2, 0) is 10.0 Å². The van der Waals surface area contributed by atoms with Gasteiger partial charge in [-0.15, -0.1) is 12.4 Å². The van der Waals surface area contributed by atoms with Crippen LogP contribution in [0.3, 0.4) is 0 Å². The molecule has 3 rings (SSSR count). The quantitative estimate of drug-likeness (QED) is 0.896. The average Bonchev–Trinajstić information content (AvgIpc) is 2.88. The molecule has 1 heterocycles. The topological polar surface area (TPSA) is 63.4 Å². The molecule has 0 aromatic heterocycles. The van der Waals surface area contributed by atoms with E-state index in [9.17, 15) is 8.42 Å². The van der Waals surface area contributed by atoms with Gasteiger partial charge < -0.3 is 5.73 Å². The van der Waals surface area contributed by atoms with Crippen LogP contribution in [0, 0.1) is 25.7 Å². The first-order chi connectivity index (χ1) is 9.89. The van der Waals surface area contributed by atoms with Crippen molar-refractivity contribution in [3.8, 4) is 0 Å². The predicted molar refractivity (Wildman–Crippen MR) is 90.7 cm³/mol. The lowest BCUT2D eigenvalue weighted by molar-refractivity contribution is 0.260. The monoisotopic (exact) mass is 344 g/mol. The minimum absolute atomic E-state index is 0. The summed E-state index contributed by atoms with van der Waals surface area (Å²) in [5.74, 6) is 0.771. The van der Waals surface area contributed by atoms with Gasteiger partial charge in [-0.3, -0.25) is 0 Å². The minimum Gasteiger partial charge on any atom is -0.327 e. The second kappa shape index (κ2) is 6.48. The molecule has 3 unspecified atom stereocenters. The van der Waals surface area contributed by atoms with Gasteiger partial charge in [0.1, 0.15) is 0 Å². The van der Waals surface area contributed by atoms with E-state index in [4.69, 9.17) is 5.73 Å². The van der Waals surface area contributed by atoms with Crippen LogP contribution < -0.4 is 5.73 Å². The third-order valence-electron chi connectivity index (χ3n) is 5.08. The van der Waals surface area contributed by atoms with Crippen molar-refractivity contribution in [1.29, 1.82) is 0 Å². The second-order valence-corrected chi connectivity index (χ2v) is 8.52. The Morgan fingerprint density at radius 3 is 2.59 bits per heavy atom. The van der Waals surface area contributed by atoms with Crippen molar-refractivity contribution in [1.82, 2.24) is 4.31 Å². The maximum atomic E-state index is 12.9. The van der Waals surface area contributed by atoms with E-state index in [1.54, 1.807) is 10.4 Å². The Morgan fingerprint density at radius 1 is 1.18 bits per heavy atom. The largest absolute Gasteiger partial charge is 0.327 e. The van der Waals surface area contributed by atoms with Crippen molar-refractivity contribution in [3.05, 3.63) is 29.3 Å². The molecule has 1 saturated carbocycles. The third-order valence-corrected chi connectivity index (χ3v) is 7.06. The number of fused-ring (bicyclic) bond motifs is 1. The lowest BCUT2D eigenvalue weighted by Gasteiger charge is -2.29. The Balaban J connectivity index is 0.00000176. The molecular weight excluding hydrogens is 320 g/mol. The highest BCUT2D eigenvalue weighted by molar-refractivity contribution is 7.89. The normalized spacial score (nSPS) is 29.0. The number of halogens is 1. The van der Waals surface area contributed by atoms with E-state index in [1.165, 1.54) is 0 Å². The standard InChI is InChI=1S/C16H24N2O2S.ClH/c1-11-6-7-12(2)16(8-11)21(19,20)18-9-13-4-3-5-15(17)14(13)10-18;/h6-8,13-15H,3-5,9-10,17H2,1-2H3;1H. The summed E-state index contributed by atoms with van der Waals surface area (Å²) in [5, 5.41) is 0. The van der Waals surface area contributed by atoms with Crippen molar-refractivity contribution in [3.63, 3.8) is 0 Å². The van der Waals surface area contributed by atoms with Crippen LogP contribution in [-0.4, -0.2) is 31.9 Å². The summed E-state index contributed by atoms with van der Waals surface area (Å²) in [5.41, 5.74) is 8.00. The summed E-state index contributed by atoms with van der Waals surface area (Å²) >= 11 is 0. The summed E-state index contributed by atoms with van der Waals surface area (Å²) in [6.45, 7) is 5.01. The fourth-order valence-electron chi connectivity index (χ4n) is 3.80. The Morgan fingerprint density at radius 2 is 1.91 bits per heavy atom. The van der Waals surface area contributed by atoms with Gasteiger partial charge in [-0.1, -0.05) is 18.6 Å². The van der Waals surface area contributed by atoms with Crippen LogP contribution >= 0.6 is 12.4 Å². The SMILES string of the molecule is Cc1ccc(C)c(S(=O)(=O)N2CC3CCCC(N)C3C2)c1.Cl. The van der Waals surface area contributed by atoms with Crippen LogP contribution in [0.5, 0.6) is 0 Å². The first-order valence-corrected chi connectivity index (χ1v) is 9.16. The molecule has 2 aliphatic rings. The van der Waals surface area contributed by atoms with Gasteiger partial charge in [-0.05, 0) is 55.7 Å². The van der Waals surface area contributed by atoms with Crippen molar-refractivity contribution in [2.45, 2.75) is 44.0 Å². The molecule has 0 bridgehead atoms. The molecule has 1 aliphatic heterocycles. The summed E-state index contributed by atoms with van der Waals surface area (Å²) < 4.78 is 27.5. The van der Waals surface area contributed by atoms with Gasteiger partial charge in [0.25, 0.3) is 0 Å². The van der Waals surface area contributed by atoms with E-state index < -0.39 is 10.0 Å². The van der Waals surface area contributed by atoms with Crippen molar-refractivity contribution in [2.24, 2.45) is 17.6 Å². The summed E-state index contributed by atoms with van der Waals surface area (Å²) in [6.07, 6.45) is 3.26. The summed E-state index contributed by atoms with van der Waals surface area (Å²) in [6, 6.07) is 5.78. The fraction of sp³-hybridized carbons (Fsp3) is 0.625. The number of hydrogen-bond donors (Lipinski definition) is 1. The van der Waals surface area contributed by atoms with E-state index in [-0.39, 0.29) is 18.4 Å². The zero-order chi connectivity index (χ0) is 15.2. The van der Waals surface area contributed by atoms with Crippen molar-refractivity contribution in [2.75, 3.05) is 13.1 Å². The number of nitrogens with two attached hydrogens (primary N) is 1. The molecule has 1 aliphatic carbocycles. The highest BCUT2D eigenvalue weighted by Crippen LogP contribution is 2.38. The molecule has 4 nitrogen and oxygen atoms in total. The van der Waals surface area contributed by atoms with Gasteiger partial charge in [-0.2, -0.15) is 4.31 Å². The number of benzene rings is 1. The maximum absolute atomic E-state index is 12.9. The molecule has 2 fully saturated rings. The second-order valence-electron chi connectivity index (χ2n) is 6.61. The Kier molecular flexibility index (Phi) is 5.22. The number of rotatable bonds is 2. The third kappa shape index (κ3) is 3.04. The van der Waals surface area contributed by atoms with Crippen LogP contribution in [0.2, 0.25) is 0 Å². The van der Waals surface area contributed by atoms with Crippen LogP contribution in [0.15, 0.2) is 23.1 Å². The number of sulfonamides is 1. The fourth-order valence-corrected chi connectivity index (χ4v) is 5.64. The molecule has 22 heavy (non-hydrogen) atoms. The molecule has 0 radical (unpaired) electrons. The Hall–Kier alpha value is -0.620. The summed E-state index contributed by atoms with van der Waals surface area (Å²) in [7, 11) is -3.40. The molecular formula is C16H25ClN2O2S. The van der Waals surface area contributed by atoms with Gasteiger partial charge in [0.2, 0.25) is 10.0 Å². The lowest BCUT2D eigenvalue weighted by Crippen LogP contribution is -2.38. The van der Waals surface area contributed by atoms with Crippen LogP contribution in [0.1, 0.15) is 30.4 Å². The zero-order valence-electron chi connectivity index (χ0n) is 13.2. The van der Waals surface area contributed by atoms with E-state index >= 15 is 0 Å². The van der Waals surface area contributed by atoms with Gasteiger partial charge in [-0.25, -0.2) is 8.42 Å². The Labute approximate surface area is 139 Å². The highest BCUT2D eigenvalue weighted by Gasteiger charge is 2.43. The number of aryl methyl sites for hydroxylation is 2. The van der Waals surface area contributed by atoms with Crippen molar-refractivity contribution < 1.29 is 8.42 Å². The molecule has 6 heteroatoms. The first kappa shape index (κ1) is 17.7. The minimum atomic E-state index is -3.40. The van der Waals surface area contributed by atoms with Gasteiger partial charge >= 0.3 is 0 Å². The molecule has 124 valence electrons. The van der Waals surface area contributed by atoms with E-state index in [0.29, 0.717) is 29.8 Å². The van der Waals surface area contributed by atoms with Gasteiger partial charge in [0.05, 0.1) is 4.90 Å². The average molecular weight is 345 g/mol. The van der Waals surface area contributed by atoms with Crippen LogP contribution in [0.25, 0.3) is 0 Å². The zero-order valence-corrected chi connectivity index (χ0v) is 14.8. The summed E-state index contributed by atoms with van der Waals surface area (Å²) in [4.78, 5) is 0.453. The Bertz CT molecular complexity index is 648. The lowest BCUT2D eigenvalue weighted by atomic mass is 9.78.